The van der Waals surface area contributed by atoms with Crippen molar-refractivity contribution < 1.29 is 0 Å². The Labute approximate surface area is 515 Å². The Balaban J connectivity index is 0.912. The number of nitrogens with zero attached hydrogens (tertiary/aromatic N) is 7. The molecule has 8 heteroatoms. The van der Waals surface area contributed by atoms with Gasteiger partial charge in [-0.2, -0.15) is 0 Å². The highest BCUT2D eigenvalue weighted by Gasteiger charge is 2.44. The van der Waals surface area contributed by atoms with Gasteiger partial charge in [-0.1, -0.05) is 212 Å². The zero-order valence-corrected chi connectivity index (χ0v) is 48.2. The molecule has 16 aromatic rings. The molecule has 414 valence electrons. The number of para-hydroxylation sites is 7. The first-order valence-corrected chi connectivity index (χ1v) is 30.4. The highest BCUT2D eigenvalue weighted by Crippen LogP contribution is 2.49. The highest BCUT2D eigenvalue weighted by atomic mass is 15.2. The quantitative estimate of drug-likeness (QED) is 0.135. The summed E-state index contributed by atoms with van der Waals surface area (Å²) in [4.78, 5) is 20.7. The molecule has 0 saturated heterocycles. The van der Waals surface area contributed by atoms with Gasteiger partial charge in [-0.25, -0.2) is 15.0 Å². The molecule has 2 aliphatic heterocycles. The minimum atomic E-state index is -0.0389. The van der Waals surface area contributed by atoms with E-state index in [4.69, 9.17) is 15.0 Å². The fourth-order valence-corrected chi connectivity index (χ4v) is 14.3. The van der Waals surface area contributed by atoms with Gasteiger partial charge in [0.15, 0.2) is 17.5 Å². The summed E-state index contributed by atoms with van der Waals surface area (Å²) in [7, 11) is 0. The lowest BCUT2D eigenvalue weighted by Crippen LogP contribution is -2.61. The number of aromatic nitrogens is 5. The zero-order valence-electron chi connectivity index (χ0n) is 48.2. The van der Waals surface area contributed by atoms with Gasteiger partial charge >= 0.3 is 0 Å². The van der Waals surface area contributed by atoms with E-state index >= 15 is 0 Å². The molecule has 3 aromatic heterocycles. The van der Waals surface area contributed by atoms with E-state index in [2.05, 4.69) is 298 Å². The van der Waals surface area contributed by atoms with Crippen LogP contribution in [0, 0.1) is 0 Å². The first-order valence-electron chi connectivity index (χ1n) is 30.4. The van der Waals surface area contributed by atoms with Crippen molar-refractivity contribution in [1.82, 2.24) is 24.1 Å². The van der Waals surface area contributed by atoms with Gasteiger partial charge in [-0.05, 0) is 131 Å². The van der Waals surface area contributed by atoms with Crippen LogP contribution in [0.2, 0.25) is 0 Å². The molecule has 0 N–H and O–H groups in total. The van der Waals surface area contributed by atoms with Crippen molar-refractivity contribution in [3.8, 4) is 67.8 Å². The molecule has 18 rings (SSSR count). The normalized spacial score (nSPS) is 12.4. The summed E-state index contributed by atoms with van der Waals surface area (Å²) in [5.74, 6) is 1.81. The second kappa shape index (κ2) is 20.4. The number of hydrogen-bond acceptors (Lipinski definition) is 5. The SMILES string of the molecule is c1ccc(-c2nc(-c3ccccc3)nc(-c3ccc(-n4c5ccccc5c5cc6c7ccccc7n(-c7ccccc7)c6cc54)c(-c4cccc(-c5ccc6c7c5N(c5ccccc5)c5ccccc5B7c5ccccc5N6c5ccccc5)c4)c3)n2)cc1. The third kappa shape index (κ3) is 8.04. The Hall–Kier alpha value is -11.9. The fourth-order valence-electron chi connectivity index (χ4n) is 14.3. The Morgan fingerprint density at radius 1 is 0.247 bits per heavy atom. The molecule has 0 unspecified atom stereocenters. The van der Waals surface area contributed by atoms with Crippen molar-refractivity contribution in [3.63, 3.8) is 0 Å². The van der Waals surface area contributed by atoms with E-state index in [1.54, 1.807) is 0 Å². The molecule has 0 radical (unpaired) electrons. The average Bonchev–Trinajstić information content (AvgIpc) is 1.28. The van der Waals surface area contributed by atoms with Crippen LogP contribution in [0.1, 0.15) is 0 Å². The Morgan fingerprint density at radius 3 is 1.30 bits per heavy atom. The fraction of sp³-hybridized carbons (Fsp3) is 0. The molecule has 13 aromatic carbocycles. The van der Waals surface area contributed by atoms with Gasteiger partial charge in [0.25, 0.3) is 6.71 Å². The van der Waals surface area contributed by atoms with E-state index in [9.17, 15) is 0 Å². The number of hydrogen-bond donors (Lipinski definition) is 0. The van der Waals surface area contributed by atoms with Crippen molar-refractivity contribution in [2.24, 2.45) is 0 Å². The Kier molecular flexibility index (Phi) is 11.6. The number of anilines is 6. The predicted molar refractivity (Wildman–Crippen MR) is 370 cm³/mol. The van der Waals surface area contributed by atoms with Crippen LogP contribution in [0.3, 0.4) is 0 Å². The molecule has 0 fully saturated rings. The summed E-state index contributed by atoms with van der Waals surface area (Å²) >= 11 is 0. The van der Waals surface area contributed by atoms with Gasteiger partial charge < -0.3 is 18.9 Å². The third-order valence-corrected chi connectivity index (χ3v) is 18.1. The molecule has 5 heterocycles. The van der Waals surface area contributed by atoms with Gasteiger partial charge in [0.1, 0.15) is 0 Å². The van der Waals surface area contributed by atoms with E-state index in [0.29, 0.717) is 17.5 Å². The van der Waals surface area contributed by atoms with E-state index < -0.39 is 0 Å². The molecule has 0 spiro atoms. The van der Waals surface area contributed by atoms with Crippen molar-refractivity contribution in [3.05, 3.63) is 315 Å². The van der Waals surface area contributed by atoms with Crippen molar-refractivity contribution >= 4 is 101 Å². The number of rotatable bonds is 9. The molecule has 0 aliphatic carbocycles. The summed E-state index contributed by atoms with van der Waals surface area (Å²) in [6.07, 6.45) is 0. The van der Waals surface area contributed by atoms with Crippen LogP contribution in [-0.2, 0) is 0 Å². The van der Waals surface area contributed by atoms with Crippen LogP contribution in [-0.4, -0.2) is 30.8 Å². The summed E-state index contributed by atoms with van der Waals surface area (Å²) in [5.41, 5.74) is 24.4. The minimum Gasteiger partial charge on any atom is -0.311 e. The van der Waals surface area contributed by atoms with E-state index in [-0.39, 0.29) is 6.71 Å². The monoisotopic (exact) mass is 1130 g/mol. The van der Waals surface area contributed by atoms with Crippen molar-refractivity contribution in [1.29, 1.82) is 0 Å². The smallest absolute Gasteiger partial charge is 0.252 e. The molecule has 89 heavy (non-hydrogen) atoms. The van der Waals surface area contributed by atoms with Crippen molar-refractivity contribution in [2.45, 2.75) is 0 Å². The minimum absolute atomic E-state index is 0.0389. The molecule has 0 amide bonds. The highest BCUT2D eigenvalue weighted by molar-refractivity contribution is 7.00. The van der Waals surface area contributed by atoms with Crippen LogP contribution >= 0.6 is 0 Å². The lowest BCUT2D eigenvalue weighted by molar-refractivity contribution is 1.07. The Morgan fingerprint density at radius 2 is 0.697 bits per heavy atom. The first-order chi connectivity index (χ1) is 44.2. The largest absolute Gasteiger partial charge is 0.311 e. The van der Waals surface area contributed by atoms with Crippen LogP contribution in [0.25, 0.3) is 111 Å². The van der Waals surface area contributed by atoms with Gasteiger partial charge in [0, 0.05) is 83.5 Å². The van der Waals surface area contributed by atoms with Gasteiger partial charge in [0.2, 0.25) is 0 Å². The topological polar surface area (TPSA) is 55.0 Å². The molecule has 2 aliphatic rings. The van der Waals surface area contributed by atoms with Gasteiger partial charge in [0.05, 0.1) is 33.4 Å². The molecular formula is C81H52BN7. The molecule has 0 saturated carbocycles. The second-order valence-corrected chi connectivity index (χ2v) is 23.1. The summed E-state index contributed by atoms with van der Waals surface area (Å²) in [6.45, 7) is -0.0389. The van der Waals surface area contributed by atoms with Crippen LogP contribution in [0.15, 0.2) is 315 Å². The maximum absolute atomic E-state index is 5.32. The standard InChI is InChI=1S/C81H52BN7/c1-6-25-53(26-7-1)79-83-80(54-27-8-2-9-28-54)85-81(84-79)57-45-47-71(89-70-42-21-17-38-63(70)66-51-65-62-37-16-20-41-69(62)86(75(65)52-76(66)89)58-31-10-3-11-32-58)64(50-57)56-30-24-29-55(49-56)61-46-48-74-77-78(61)88(60-35-14-5-15-36-60)73-44-23-19-40-68(73)82(77)67-39-18-22-43-72(67)87(74)59-33-12-4-13-34-59/h1-52H. The number of benzene rings is 13. The van der Waals surface area contributed by atoms with E-state index in [1.807, 2.05) is 36.4 Å². The van der Waals surface area contributed by atoms with Gasteiger partial charge in [-0.3, -0.25) is 0 Å². The summed E-state index contributed by atoms with van der Waals surface area (Å²) in [6, 6.07) is 114. The van der Waals surface area contributed by atoms with Crippen LogP contribution < -0.4 is 26.2 Å². The molecular weight excluding hydrogens is 1080 g/mol. The van der Waals surface area contributed by atoms with E-state index in [0.717, 1.165) is 95.3 Å². The maximum atomic E-state index is 5.32. The Bertz CT molecular complexity index is 5390. The van der Waals surface area contributed by atoms with Gasteiger partial charge in [-0.15, -0.1) is 0 Å². The molecule has 7 nitrogen and oxygen atoms in total. The zero-order chi connectivity index (χ0) is 58.5. The van der Waals surface area contributed by atoms with Crippen molar-refractivity contribution in [2.75, 3.05) is 9.80 Å². The maximum Gasteiger partial charge on any atom is 0.252 e. The lowest BCUT2D eigenvalue weighted by Gasteiger charge is -2.45. The summed E-state index contributed by atoms with van der Waals surface area (Å²) < 4.78 is 4.90. The number of fused-ring (bicyclic) bond motifs is 10. The van der Waals surface area contributed by atoms with Crippen LogP contribution in [0.4, 0.5) is 34.1 Å². The lowest BCUT2D eigenvalue weighted by atomic mass is 9.33. The first kappa shape index (κ1) is 50.5. The average molecular weight is 1130 g/mol. The second-order valence-electron chi connectivity index (χ2n) is 23.1. The molecule has 0 atom stereocenters. The van der Waals surface area contributed by atoms with Crippen LogP contribution in [0.5, 0.6) is 0 Å². The third-order valence-electron chi connectivity index (χ3n) is 18.1. The predicted octanol–water partition coefficient (Wildman–Crippen LogP) is 18.5. The molecule has 0 bridgehead atoms. The van der Waals surface area contributed by atoms with E-state index in [1.165, 1.54) is 49.1 Å². The summed E-state index contributed by atoms with van der Waals surface area (Å²) in [5, 5.41) is 4.78.